The van der Waals surface area contributed by atoms with Crippen molar-refractivity contribution in [1.82, 2.24) is 26.6 Å². The van der Waals surface area contributed by atoms with Crippen molar-refractivity contribution < 1.29 is 93.0 Å². The van der Waals surface area contributed by atoms with Gasteiger partial charge in [0.25, 0.3) is 23.5 Å². The summed E-state index contributed by atoms with van der Waals surface area (Å²) in [5, 5.41) is 91.3. The first-order valence-electron chi connectivity index (χ1n) is 30.7. The second-order valence-electron chi connectivity index (χ2n) is 22.8. The molecule has 7 rings (SSSR count). The molecule has 28 heteroatoms. The molecule has 5 aromatic rings. The minimum absolute atomic E-state index is 0.0294. The Bertz CT molecular complexity index is 3420. The molecule has 2 fully saturated rings. The first kappa shape index (κ1) is 75.5. The van der Waals surface area contributed by atoms with E-state index >= 15 is 0 Å². The summed E-state index contributed by atoms with van der Waals surface area (Å²) in [5.41, 5.74) is 4.32. The van der Waals surface area contributed by atoms with Gasteiger partial charge in [0.15, 0.2) is 12.1 Å². The van der Waals surface area contributed by atoms with Gasteiger partial charge >= 0.3 is 5.97 Å². The molecule has 2 saturated heterocycles. The summed E-state index contributed by atoms with van der Waals surface area (Å²) in [6, 6.07) is 31.1. The second kappa shape index (κ2) is 36.5. The fourth-order valence-corrected chi connectivity index (χ4v) is 12.9. The van der Waals surface area contributed by atoms with Crippen LogP contribution in [-0.2, 0) is 38.1 Å². The number of amides is 5. The third-order valence-corrected chi connectivity index (χ3v) is 18.6. The lowest BCUT2D eigenvalue weighted by Gasteiger charge is -2.46. The molecule has 2 aliphatic rings. The van der Waals surface area contributed by atoms with Crippen LogP contribution in [0.3, 0.4) is 0 Å². The lowest BCUT2D eigenvalue weighted by atomic mass is 9.88. The highest BCUT2D eigenvalue weighted by atomic mass is 35.5. The van der Waals surface area contributed by atoms with Gasteiger partial charge in [-0.25, -0.2) is 4.79 Å². The predicted octanol–water partition coefficient (Wildman–Crippen LogP) is 4.59. The number of ether oxygens (including phenoxy) is 4. The molecule has 0 bridgehead atoms. The van der Waals surface area contributed by atoms with E-state index in [-0.39, 0.29) is 42.5 Å². The normalized spacial score (nSPS) is 22.2. The number of aliphatic hydroxyl groups excluding tert-OH is 6. The molecule has 0 unspecified atom stereocenters. The smallest absolute Gasteiger partial charge is 0.364 e. The van der Waals surface area contributed by atoms with Crippen LogP contribution in [-0.4, -0.2) is 212 Å². The van der Waals surface area contributed by atoms with E-state index in [2.05, 4.69) is 26.6 Å². The summed E-state index contributed by atoms with van der Waals surface area (Å²) in [4.78, 5) is 102. The largest absolute Gasteiger partial charge is 0.477 e. The number of carboxylic acid groups (broad SMARTS) is 1. The number of benzene rings is 5. The fraction of sp³-hybridized carbons (Fsp3) is 0.433. The SMILES string of the molecule is CC(=O)N[C@H]1[C@H]([C@H](O)[C@H](O)CNC(=O)c2ccc(-c3ccccc3Cl)cc2)O[C@](C=O)(OCCCSCCNC(=O)c2ccc(C(=O)CCCSCCCO[C@]3(C(=O)O)C[C@H](O)[C@@H](NC(C)=O)[C@H]([C@H](O)[C@H](O)CNC(=O)c4ccc(-c5ccccc5Cl)cc4)O3)cc2)C[C@@H]1O. The van der Waals surface area contributed by atoms with Crippen molar-refractivity contribution in [2.75, 3.05) is 55.9 Å². The summed E-state index contributed by atoms with van der Waals surface area (Å²) in [6.07, 6.45) is -12.8. The van der Waals surface area contributed by atoms with Crippen molar-refractivity contribution in [3.63, 3.8) is 0 Å². The molecule has 2 aliphatic heterocycles. The maximum absolute atomic E-state index is 13.0. The Kier molecular flexibility index (Phi) is 29.0. The van der Waals surface area contributed by atoms with Crippen LogP contribution in [0, 0.1) is 0 Å². The van der Waals surface area contributed by atoms with E-state index < -0.39 is 128 Å². The number of hydrogen-bond acceptors (Lipinski definition) is 20. The molecule has 512 valence electrons. The number of rotatable bonds is 35. The van der Waals surface area contributed by atoms with Crippen LogP contribution in [0.5, 0.6) is 0 Å². The van der Waals surface area contributed by atoms with Gasteiger partial charge in [-0.3, -0.25) is 33.6 Å². The van der Waals surface area contributed by atoms with E-state index in [1.165, 1.54) is 30.4 Å². The summed E-state index contributed by atoms with van der Waals surface area (Å²) < 4.78 is 23.4. The molecule has 0 radical (unpaired) electrons. The summed E-state index contributed by atoms with van der Waals surface area (Å²) in [5.74, 6) is -6.94. The van der Waals surface area contributed by atoms with Gasteiger partial charge in [-0.05, 0) is 96.2 Å². The molecule has 24 nitrogen and oxygen atoms in total. The quantitative estimate of drug-likeness (QED) is 0.0150. The van der Waals surface area contributed by atoms with E-state index in [9.17, 15) is 74.1 Å². The number of aldehydes is 1. The lowest BCUT2D eigenvalue weighted by molar-refractivity contribution is -0.310. The van der Waals surface area contributed by atoms with E-state index in [4.69, 9.17) is 42.1 Å². The van der Waals surface area contributed by atoms with E-state index in [1.54, 1.807) is 97.1 Å². The van der Waals surface area contributed by atoms with Crippen LogP contribution in [0.4, 0.5) is 0 Å². The minimum Gasteiger partial charge on any atom is -0.477 e. The number of carboxylic acids is 1. The number of carbonyl (C=O) groups is 8. The number of nitrogens with one attached hydrogen (secondary N) is 5. The van der Waals surface area contributed by atoms with Gasteiger partial charge in [0, 0.05) is 102 Å². The third kappa shape index (κ3) is 21.3. The molecule has 5 amide bonds. The number of hydrogen-bond donors (Lipinski definition) is 12. The molecule has 0 aromatic heterocycles. The van der Waals surface area contributed by atoms with Crippen molar-refractivity contribution in [3.05, 3.63) is 154 Å². The van der Waals surface area contributed by atoms with Gasteiger partial charge in [-0.1, -0.05) is 96.0 Å². The van der Waals surface area contributed by atoms with Crippen molar-refractivity contribution in [2.24, 2.45) is 0 Å². The van der Waals surface area contributed by atoms with Crippen LogP contribution in [0.15, 0.2) is 121 Å². The fourth-order valence-electron chi connectivity index (χ4n) is 10.7. The average molecular weight is 1390 g/mol. The Labute approximate surface area is 567 Å². The number of ketones is 1. The van der Waals surface area contributed by atoms with E-state index in [0.717, 1.165) is 29.2 Å². The Hall–Kier alpha value is -6.86. The summed E-state index contributed by atoms with van der Waals surface area (Å²) in [6.45, 7) is 1.45. The van der Waals surface area contributed by atoms with Gasteiger partial charge in [-0.15, -0.1) is 0 Å². The highest BCUT2D eigenvalue weighted by Gasteiger charge is 2.56. The number of thioether (sulfide) groups is 2. The van der Waals surface area contributed by atoms with Crippen molar-refractivity contribution in [2.45, 2.75) is 125 Å². The molecular weight excluding hydrogens is 1310 g/mol. The number of aliphatic carboxylic acids is 1. The predicted molar refractivity (Wildman–Crippen MR) is 356 cm³/mol. The topological polar surface area (TPSA) is 375 Å². The van der Waals surface area contributed by atoms with Gasteiger partial charge in [0.2, 0.25) is 17.6 Å². The molecule has 2 heterocycles. The maximum atomic E-state index is 13.0. The molecule has 0 aliphatic carbocycles. The first-order valence-corrected chi connectivity index (χ1v) is 33.8. The van der Waals surface area contributed by atoms with E-state index in [0.29, 0.717) is 76.3 Å². The van der Waals surface area contributed by atoms with Gasteiger partial charge in [-0.2, -0.15) is 23.5 Å². The van der Waals surface area contributed by atoms with Crippen LogP contribution in [0.1, 0.15) is 93.8 Å². The van der Waals surface area contributed by atoms with Gasteiger partial charge in [0.05, 0.1) is 49.7 Å². The molecular formula is C67H79Cl2N5O19S2. The molecule has 95 heavy (non-hydrogen) atoms. The van der Waals surface area contributed by atoms with E-state index in [1.807, 2.05) is 24.3 Å². The lowest BCUT2D eigenvalue weighted by Crippen LogP contribution is -2.68. The maximum Gasteiger partial charge on any atom is 0.364 e. The van der Waals surface area contributed by atoms with Crippen LogP contribution in [0.2, 0.25) is 10.0 Å². The third-order valence-electron chi connectivity index (χ3n) is 15.7. The second-order valence-corrected chi connectivity index (χ2v) is 26.1. The van der Waals surface area contributed by atoms with Crippen molar-refractivity contribution >= 4 is 94.3 Å². The average Bonchev–Trinajstić information content (AvgIpc) is 0.781. The minimum atomic E-state index is -2.48. The molecule has 12 atom stereocenters. The van der Waals surface area contributed by atoms with Gasteiger partial charge in [0.1, 0.15) is 24.4 Å². The Morgan fingerprint density at radius 2 is 0.989 bits per heavy atom. The Morgan fingerprint density at radius 3 is 1.46 bits per heavy atom. The van der Waals surface area contributed by atoms with Crippen LogP contribution in [0.25, 0.3) is 22.3 Å². The highest BCUT2D eigenvalue weighted by Crippen LogP contribution is 2.36. The monoisotopic (exact) mass is 1390 g/mol. The Morgan fingerprint density at radius 1 is 0.568 bits per heavy atom. The zero-order valence-electron chi connectivity index (χ0n) is 52.1. The zero-order chi connectivity index (χ0) is 68.8. The molecule has 5 aromatic carbocycles. The Balaban J connectivity index is 0.768. The van der Waals surface area contributed by atoms with Crippen molar-refractivity contribution in [3.8, 4) is 22.3 Å². The molecule has 0 spiro atoms. The van der Waals surface area contributed by atoms with Gasteiger partial charge < -0.3 is 81.3 Å². The number of carbonyl (C=O) groups excluding carboxylic acids is 7. The summed E-state index contributed by atoms with van der Waals surface area (Å²) in [7, 11) is 0. The highest BCUT2D eigenvalue weighted by molar-refractivity contribution is 7.99. The first-order chi connectivity index (χ1) is 45.4. The zero-order valence-corrected chi connectivity index (χ0v) is 55.3. The molecule has 12 N–H and O–H groups in total. The number of halogens is 2. The molecule has 0 saturated carbocycles. The van der Waals surface area contributed by atoms with Crippen LogP contribution < -0.4 is 26.6 Å². The summed E-state index contributed by atoms with van der Waals surface area (Å²) >= 11 is 15.6. The number of Topliss-reactive ketones (excluding diaryl/α,β-unsaturated/α-hetero) is 1. The number of aliphatic hydroxyl groups is 6. The van der Waals surface area contributed by atoms with Crippen molar-refractivity contribution in [1.29, 1.82) is 0 Å². The standard InChI is InChI=1S/C67H79Cl2N5O19S2/c1-39(76)73-56-52(79)34-66(38-75,92-60(56)58(83)54(81)36-71-63(86)45-21-15-41(16-22-45)47-10-3-5-12-49(47)68)90-28-8-32-95-33-27-70-62(85)44-25-19-43(20-26-44)51(78)14-7-30-94-31-9-29-91-67(65(88)89)35-53(80)57(74-40(2)77)61(93-67)59(84)55(82)37-72-64(87)46-23-17-42(18-24-46)48-11-4-6-13-50(48)69/h3-6,10-13,15-26,38,52-61,79-84H,7-9,14,27-37H2,1-2H3,(H,70,85)(H,71,86)(H,72,87)(H,73,76)(H,74,77)(H,88,89)/t52-,53-,54+,55+,56+,57+,58+,59+,60+,61+,66+,67+/m0/s1. The van der Waals surface area contributed by atoms with Crippen LogP contribution >= 0.6 is 46.7 Å².